The lowest BCUT2D eigenvalue weighted by atomic mass is 9.92. The van der Waals surface area contributed by atoms with Crippen LogP contribution in [0.2, 0.25) is 5.02 Å². The Bertz CT molecular complexity index is 2680. The third kappa shape index (κ3) is 8.49. The molecule has 62 heavy (non-hydrogen) atoms. The first-order valence-corrected chi connectivity index (χ1v) is 22.2. The summed E-state index contributed by atoms with van der Waals surface area (Å²) in [6, 6.07) is 18.2. The van der Waals surface area contributed by atoms with Crippen molar-refractivity contribution in [1.82, 2.24) is 40.2 Å². The van der Waals surface area contributed by atoms with E-state index in [1.165, 1.54) is 4.88 Å². The lowest BCUT2D eigenvalue weighted by Gasteiger charge is -2.32. The summed E-state index contributed by atoms with van der Waals surface area (Å²) in [6.45, 7) is 7.50. The van der Waals surface area contributed by atoms with Gasteiger partial charge in [-0.25, -0.2) is 4.98 Å². The number of benzene rings is 2. The number of oxazole rings is 1. The molecule has 6 aromatic rings. The van der Waals surface area contributed by atoms with Gasteiger partial charge in [0.1, 0.15) is 34.9 Å². The van der Waals surface area contributed by atoms with Crippen molar-refractivity contribution in [1.29, 1.82) is 5.26 Å². The van der Waals surface area contributed by atoms with Gasteiger partial charge in [-0.15, -0.1) is 26.6 Å². The number of aryl methyl sites for hydroxylation is 2. The summed E-state index contributed by atoms with van der Waals surface area (Å²) in [5, 5.41) is 31.3. The van der Waals surface area contributed by atoms with Crippen LogP contribution in [0.15, 0.2) is 76.5 Å². The van der Waals surface area contributed by atoms with Crippen molar-refractivity contribution in [2.75, 3.05) is 13.1 Å². The number of nitrogens with zero attached hydrogens (tertiary/aromatic N) is 9. The average Bonchev–Trinajstić information content (AvgIpc) is 3.99. The number of fused-ring (bicyclic) bond motifs is 3. The standard InChI is InChI=1S/C46H45ClN10O4S/c1-26-27(2)62-46-41(26)42(51-39(23-40-49-18-20-60-40)43-55-52-28(3)57(43)46)30-6-8-31(9-7-30)45(59)56-19-4-5-29(25-56)21-34-13-17-38(54-53-34)44(58)50-33-11-15-35(16-12-33)61-36-14-10-32(24-48)37(47)22-36/h6-10,13-14,17-18,20,22,29,33,35,39H,4-5,11-12,15-16,19,21,23,25H2,1-3H3,(H,50,58)/t29-,33?,35?,39+/m0/s1. The van der Waals surface area contributed by atoms with Crippen LogP contribution in [0.3, 0.4) is 0 Å². The van der Waals surface area contributed by atoms with Crippen molar-refractivity contribution in [3.8, 4) is 16.8 Å². The summed E-state index contributed by atoms with van der Waals surface area (Å²) in [7, 11) is 0. The second-order valence-electron chi connectivity index (χ2n) is 16.3. The third-order valence-electron chi connectivity index (χ3n) is 12.1. The number of hydrogen-bond donors (Lipinski definition) is 1. The molecule has 0 bridgehead atoms. The first kappa shape index (κ1) is 41.1. The zero-order valence-electron chi connectivity index (χ0n) is 34.7. The van der Waals surface area contributed by atoms with Crippen molar-refractivity contribution >= 4 is 40.5 Å². The highest BCUT2D eigenvalue weighted by Crippen LogP contribution is 2.40. The number of thiophene rings is 1. The molecular weight excluding hydrogens is 824 g/mol. The Morgan fingerprint density at radius 1 is 0.984 bits per heavy atom. The first-order chi connectivity index (χ1) is 30.1. The highest BCUT2D eigenvalue weighted by molar-refractivity contribution is 7.15. The number of piperidine rings is 1. The number of nitriles is 1. The fourth-order valence-electron chi connectivity index (χ4n) is 8.74. The number of halogens is 1. The molecule has 2 fully saturated rings. The molecule has 2 aromatic carbocycles. The second kappa shape index (κ2) is 17.6. The van der Waals surface area contributed by atoms with Gasteiger partial charge in [0, 0.05) is 46.8 Å². The van der Waals surface area contributed by atoms with Crippen molar-refractivity contribution in [2.24, 2.45) is 10.9 Å². The number of carbonyl (C=O) groups excluding carboxylic acids is 2. The van der Waals surface area contributed by atoms with Gasteiger partial charge in [0.2, 0.25) is 0 Å². The molecule has 0 unspecified atom stereocenters. The minimum atomic E-state index is -0.380. The Balaban J connectivity index is 0.813. The molecule has 316 valence electrons. The van der Waals surface area contributed by atoms with Gasteiger partial charge in [0.15, 0.2) is 17.4 Å². The number of ether oxygens (including phenoxy) is 1. The van der Waals surface area contributed by atoms with Gasteiger partial charge in [-0.3, -0.25) is 19.1 Å². The molecule has 6 heterocycles. The highest BCUT2D eigenvalue weighted by atomic mass is 35.5. The monoisotopic (exact) mass is 868 g/mol. The quantitative estimate of drug-likeness (QED) is 0.142. The highest BCUT2D eigenvalue weighted by Gasteiger charge is 2.33. The lowest BCUT2D eigenvalue weighted by molar-refractivity contribution is 0.0672. The van der Waals surface area contributed by atoms with E-state index in [0.29, 0.717) is 53.7 Å². The van der Waals surface area contributed by atoms with Crippen LogP contribution in [0.25, 0.3) is 5.00 Å². The summed E-state index contributed by atoms with van der Waals surface area (Å²) < 4.78 is 13.8. The number of nitrogens with one attached hydrogen (secondary N) is 1. The SMILES string of the molecule is Cc1sc2c(c1C)C(c1ccc(C(=O)N3CCC[C@@H](Cc4ccc(C(=O)NC5CCC(Oc6ccc(C#N)c(Cl)c6)CC5)nn4)C3)cc1)=N[C@H](Cc1ncco1)c1nnc(C)n1-2. The van der Waals surface area contributed by atoms with Crippen molar-refractivity contribution in [2.45, 2.75) is 90.3 Å². The predicted octanol–water partition coefficient (Wildman–Crippen LogP) is 7.91. The van der Waals surface area contributed by atoms with E-state index in [1.807, 2.05) is 42.2 Å². The van der Waals surface area contributed by atoms with Crippen molar-refractivity contribution in [3.05, 3.63) is 134 Å². The van der Waals surface area contributed by atoms with E-state index >= 15 is 0 Å². The molecule has 4 aromatic heterocycles. The van der Waals surface area contributed by atoms with Crippen LogP contribution in [-0.4, -0.2) is 77.6 Å². The molecule has 2 aliphatic heterocycles. The Morgan fingerprint density at radius 2 is 1.81 bits per heavy atom. The molecule has 2 atom stereocenters. The van der Waals surface area contributed by atoms with Gasteiger partial charge < -0.3 is 19.4 Å². The summed E-state index contributed by atoms with van der Waals surface area (Å²) in [6.07, 6.45) is 9.27. The Hall–Kier alpha value is -6.24. The molecule has 9 rings (SSSR count). The molecule has 0 radical (unpaired) electrons. The van der Waals surface area contributed by atoms with Crippen molar-refractivity contribution < 1.29 is 18.7 Å². The maximum atomic E-state index is 14.0. The smallest absolute Gasteiger partial charge is 0.272 e. The molecular formula is C46H45ClN10O4S. The van der Waals surface area contributed by atoms with Gasteiger partial charge >= 0.3 is 0 Å². The zero-order valence-corrected chi connectivity index (χ0v) is 36.2. The Kier molecular flexibility index (Phi) is 11.7. The van der Waals surface area contributed by atoms with E-state index in [2.05, 4.69) is 55.2 Å². The molecule has 1 N–H and O–H groups in total. The number of aromatic nitrogens is 6. The van der Waals surface area contributed by atoms with Crippen LogP contribution >= 0.6 is 22.9 Å². The molecule has 2 amide bonds. The molecule has 1 saturated heterocycles. The van der Waals surface area contributed by atoms with Crippen LogP contribution in [0, 0.1) is 38.0 Å². The minimum Gasteiger partial charge on any atom is -0.490 e. The van der Waals surface area contributed by atoms with Gasteiger partial charge in [-0.1, -0.05) is 23.7 Å². The van der Waals surface area contributed by atoms with Gasteiger partial charge in [-0.2, -0.15) is 10.4 Å². The Labute approximate surface area is 368 Å². The topological polar surface area (TPSA) is 177 Å². The number of rotatable bonds is 10. The second-order valence-corrected chi connectivity index (χ2v) is 17.9. The Morgan fingerprint density at radius 3 is 2.53 bits per heavy atom. The van der Waals surface area contributed by atoms with E-state index in [1.54, 1.807) is 48.1 Å². The summed E-state index contributed by atoms with van der Waals surface area (Å²) in [5.74, 6) is 2.70. The number of likely N-dealkylation sites (tertiary alicyclic amines) is 1. The number of hydrogen-bond acceptors (Lipinski definition) is 12. The zero-order chi connectivity index (χ0) is 42.9. The fraction of sp³-hybridized carbons (Fsp3) is 0.370. The van der Waals surface area contributed by atoms with Gasteiger partial charge in [0.25, 0.3) is 11.8 Å². The largest absolute Gasteiger partial charge is 0.490 e. The fourth-order valence-corrected chi connectivity index (χ4v) is 10.2. The minimum absolute atomic E-state index is 0.00624. The maximum Gasteiger partial charge on any atom is 0.272 e. The van der Waals surface area contributed by atoms with E-state index in [4.69, 9.17) is 31.0 Å². The molecule has 14 nitrogen and oxygen atoms in total. The molecule has 16 heteroatoms. The van der Waals surface area contributed by atoms with Crippen LogP contribution in [-0.2, 0) is 12.8 Å². The molecule has 1 aliphatic carbocycles. The van der Waals surface area contributed by atoms with Crippen molar-refractivity contribution in [3.63, 3.8) is 0 Å². The summed E-state index contributed by atoms with van der Waals surface area (Å²) in [4.78, 5) is 39.9. The number of amides is 2. The molecule has 3 aliphatic rings. The van der Waals surface area contributed by atoms with Crippen LogP contribution in [0.5, 0.6) is 5.75 Å². The number of aliphatic imine (C=N–C) groups is 1. The van der Waals surface area contributed by atoms with Crippen LogP contribution in [0.4, 0.5) is 0 Å². The van der Waals surface area contributed by atoms with Crippen LogP contribution < -0.4 is 10.1 Å². The summed E-state index contributed by atoms with van der Waals surface area (Å²) in [5.41, 5.74) is 6.05. The average molecular weight is 869 g/mol. The van der Waals surface area contributed by atoms with Gasteiger partial charge in [-0.05, 0) is 114 Å². The van der Waals surface area contributed by atoms with E-state index in [9.17, 15) is 9.59 Å². The normalized spacial score (nSPS) is 19.7. The predicted molar refractivity (Wildman–Crippen MR) is 233 cm³/mol. The van der Waals surface area contributed by atoms with Gasteiger partial charge in [0.05, 0.1) is 40.7 Å². The first-order valence-electron chi connectivity index (χ1n) is 21.0. The van der Waals surface area contributed by atoms with Crippen LogP contribution in [0.1, 0.15) is 116 Å². The van der Waals surface area contributed by atoms with E-state index in [-0.39, 0.29) is 41.6 Å². The van der Waals surface area contributed by atoms with E-state index < -0.39 is 0 Å². The maximum absolute atomic E-state index is 14.0. The van der Waals surface area contributed by atoms with E-state index in [0.717, 1.165) is 83.3 Å². The lowest BCUT2D eigenvalue weighted by Crippen LogP contribution is -2.40. The summed E-state index contributed by atoms with van der Waals surface area (Å²) >= 11 is 7.87. The third-order valence-corrected chi connectivity index (χ3v) is 13.6. The molecule has 0 spiro atoms. The molecule has 1 saturated carbocycles. The number of carbonyl (C=O) groups is 2.